The molecule has 28 heavy (non-hydrogen) atoms. The van der Waals surface area contributed by atoms with Crippen molar-refractivity contribution in [3.05, 3.63) is 84.4 Å². The maximum atomic E-state index is 12.6. The third-order valence-corrected chi connectivity index (χ3v) is 4.70. The van der Waals surface area contributed by atoms with Gasteiger partial charge in [-0.05, 0) is 42.1 Å². The molecular formula is C22H20N4O2. The van der Waals surface area contributed by atoms with Gasteiger partial charge in [0.05, 0.1) is 25.0 Å². The summed E-state index contributed by atoms with van der Waals surface area (Å²) in [6.07, 6.45) is 5.14. The molecule has 2 aromatic heterocycles. The summed E-state index contributed by atoms with van der Waals surface area (Å²) >= 11 is 0. The van der Waals surface area contributed by atoms with E-state index in [1.807, 2.05) is 47.3 Å². The second-order valence-electron chi connectivity index (χ2n) is 6.53. The number of ether oxygens (including phenoxy) is 1. The smallest absolute Gasteiger partial charge is 0.274 e. The highest BCUT2D eigenvalue weighted by atomic mass is 16.5. The fourth-order valence-electron chi connectivity index (χ4n) is 3.06. The highest BCUT2D eigenvalue weighted by Crippen LogP contribution is 2.22. The van der Waals surface area contributed by atoms with Gasteiger partial charge >= 0.3 is 0 Å². The zero-order valence-electron chi connectivity index (χ0n) is 15.7. The lowest BCUT2D eigenvalue weighted by Crippen LogP contribution is -2.13. The molecule has 1 amide bonds. The second-order valence-corrected chi connectivity index (χ2v) is 6.53. The molecule has 0 saturated carbocycles. The lowest BCUT2D eigenvalue weighted by molar-refractivity contribution is 0.102. The normalized spacial score (nSPS) is 11.9. The minimum atomic E-state index is -0.281. The van der Waals surface area contributed by atoms with Gasteiger partial charge in [-0.1, -0.05) is 30.3 Å². The maximum Gasteiger partial charge on any atom is 0.274 e. The van der Waals surface area contributed by atoms with Crippen LogP contribution in [-0.2, 0) is 0 Å². The van der Waals surface area contributed by atoms with E-state index in [0.29, 0.717) is 11.4 Å². The molecule has 0 fully saturated rings. The summed E-state index contributed by atoms with van der Waals surface area (Å²) in [5, 5.41) is 9.08. The Hall–Kier alpha value is -3.67. The Balaban J connectivity index is 1.52. The van der Waals surface area contributed by atoms with E-state index in [1.165, 1.54) is 0 Å². The lowest BCUT2D eigenvalue weighted by atomic mass is 10.1. The summed E-state index contributed by atoms with van der Waals surface area (Å²) in [5.41, 5.74) is 2.11. The Morgan fingerprint density at radius 3 is 2.68 bits per heavy atom. The quantitative estimate of drug-likeness (QED) is 0.567. The molecular weight excluding hydrogens is 352 g/mol. The Morgan fingerprint density at radius 1 is 1.07 bits per heavy atom. The van der Waals surface area contributed by atoms with E-state index >= 15 is 0 Å². The van der Waals surface area contributed by atoms with Crippen LogP contribution in [0.4, 0.5) is 5.69 Å². The van der Waals surface area contributed by atoms with Crippen LogP contribution in [0.2, 0.25) is 0 Å². The van der Waals surface area contributed by atoms with E-state index in [9.17, 15) is 4.79 Å². The topological polar surface area (TPSA) is 69.0 Å². The van der Waals surface area contributed by atoms with Crippen LogP contribution in [0.25, 0.3) is 10.8 Å². The first-order chi connectivity index (χ1) is 13.6. The Labute approximate surface area is 162 Å². The predicted molar refractivity (Wildman–Crippen MR) is 109 cm³/mol. The summed E-state index contributed by atoms with van der Waals surface area (Å²) < 4.78 is 7.07. The maximum absolute atomic E-state index is 12.6. The molecule has 0 aliphatic heterocycles. The van der Waals surface area contributed by atoms with Gasteiger partial charge in [0.1, 0.15) is 11.4 Å². The molecule has 6 heteroatoms. The Bertz CT molecular complexity index is 1120. The van der Waals surface area contributed by atoms with Crippen molar-refractivity contribution < 1.29 is 9.53 Å². The summed E-state index contributed by atoms with van der Waals surface area (Å²) in [4.78, 5) is 16.9. The van der Waals surface area contributed by atoms with Gasteiger partial charge in [0.15, 0.2) is 0 Å². The SMILES string of the molecule is COc1ccc2cnc(C(=O)Nc3cnn(C(C)c4ccccc4)c3)cc2c1. The van der Waals surface area contributed by atoms with Gasteiger partial charge < -0.3 is 10.1 Å². The van der Waals surface area contributed by atoms with Crippen molar-refractivity contribution in [1.82, 2.24) is 14.8 Å². The first-order valence-corrected chi connectivity index (χ1v) is 8.98. The van der Waals surface area contributed by atoms with E-state index in [4.69, 9.17) is 4.74 Å². The highest BCUT2D eigenvalue weighted by Gasteiger charge is 2.13. The molecule has 0 spiro atoms. The Morgan fingerprint density at radius 2 is 1.89 bits per heavy atom. The molecule has 2 aromatic carbocycles. The van der Waals surface area contributed by atoms with Crippen LogP contribution < -0.4 is 10.1 Å². The van der Waals surface area contributed by atoms with Crippen molar-refractivity contribution >= 4 is 22.4 Å². The highest BCUT2D eigenvalue weighted by molar-refractivity contribution is 6.04. The van der Waals surface area contributed by atoms with Gasteiger partial charge in [-0.2, -0.15) is 5.10 Å². The minimum Gasteiger partial charge on any atom is -0.497 e. The lowest BCUT2D eigenvalue weighted by Gasteiger charge is -2.12. The fourth-order valence-corrected chi connectivity index (χ4v) is 3.06. The fraction of sp³-hybridized carbons (Fsp3) is 0.136. The molecule has 4 aromatic rings. The van der Waals surface area contributed by atoms with Crippen LogP contribution in [0.3, 0.4) is 0 Å². The number of hydrogen-bond donors (Lipinski definition) is 1. The van der Waals surface area contributed by atoms with E-state index in [2.05, 4.69) is 34.5 Å². The van der Waals surface area contributed by atoms with E-state index in [0.717, 1.165) is 22.1 Å². The van der Waals surface area contributed by atoms with Gasteiger partial charge in [0.2, 0.25) is 0 Å². The van der Waals surface area contributed by atoms with Crippen molar-refractivity contribution in [3.63, 3.8) is 0 Å². The minimum absolute atomic E-state index is 0.0677. The number of anilines is 1. The van der Waals surface area contributed by atoms with Crippen molar-refractivity contribution in [2.24, 2.45) is 0 Å². The summed E-state index contributed by atoms with van der Waals surface area (Å²) in [5.74, 6) is 0.456. The molecule has 140 valence electrons. The van der Waals surface area contributed by atoms with Crippen molar-refractivity contribution in [3.8, 4) is 5.75 Å². The van der Waals surface area contributed by atoms with Crippen LogP contribution >= 0.6 is 0 Å². The second kappa shape index (κ2) is 7.52. The molecule has 0 aliphatic rings. The van der Waals surface area contributed by atoms with Crippen molar-refractivity contribution in [2.75, 3.05) is 12.4 Å². The first kappa shape index (κ1) is 17.7. The molecule has 1 unspecified atom stereocenters. The number of rotatable bonds is 5. The molecule has 1 N–H and O–H groups in total. The van der Waals surface area contributed by atoms with Crippen LogP contribution in [-0.4, -0.2) is 27.8 Å². The van der Waals surface area contributed by atoms with Gasteiger partial charge in [0, 0.05) is 17.8 Å². The average molecular weight is 372 g/mol. The van der Waals surface area contributed by atoms with E-state index in [1.54, 1.807) is 25.6 Å². The molecule has 1 atom stereocenters. The Kier molecular flexibility index (Phi) is 4.76. The number of hydrogen-bond acceptors (Lipinski definition) is 4. The number of nitrogens with zero attached hydrogens (tertiary/aromatic N) is 3. The van der Waals surface area contributed by atoms with E-state index in [-0.39, 0.29) is 11.9 Å². The molecule has 6 nitrogen and oxygen atoms in total. The monoisotopic (exact) mass is 372 g/mol. The number of benzene rings is 2. The first-order valence-electron chi connectivity index (χ1n) is 8.98. The zero-order chi connectivity index (χ0) is 19.5. The van der Waals surface area contributed by atoms with Crippen LogP contribution in [0.1, 0.15) is 29.0 Å². The molecule has 4 rings (SSSR count). The number of carbonyl (C=O) groups is 1. The molecule has 0 aliphatic carbocycles. The molecule has 2 heterocycles. The standard InChI is InChI=1S/C22H20N4O2/c1-15(16-6-4-3-5-7-16)26-14-19(13-24-26)25-22(27)21-11-18-10-20(28-2)9-8-17(18)12-23-21/h3-15H,1-2H3,(H,25,27). The average Bonchev–Trinajstić information content (AvgIpc) is 3.21. The summed E-state index contributed by atoms with van der Waals surface area (Å²) in [6, 6.07) is 17.6. The summed E-state index contributed by atoms with van der Waals surface area (Å²) in [7, 11) is 1.62. The third-order valence-electron chi connectivity index (χ3n) is 4.70. The van der Waals surface area contributed by atoms with Crippen molar-refractivity contribution in [1.29, 1.82) is 0 Å². The van der Waals surface area contributed by atoms with Gasteiger partial charge in [0.25, 0.3) is 5.91 Å². The van der Waals surface area contributed by atoms with E-state index < -0.39 is 0 Å². The van der Waals surface area contributed by atoms with Gasteiger partial charge in [-0.25, -0.2) is 0 Å². The number of aromatic nitrogens is 3. The number of fused-ring (bicyclic) bond motifs is 1. The zero-order valence-corrected chi connectivity index (χ0v) is 15.7. The number of methoxy groups -OCH3 is 1. The van der Waals surface area contributed by atoms with Crippen molar-refractivity contribution in [2.45, 2.75) is 13.0 Å². The summed E-state index contributed by atoms with van der Waals surface area (Å²) in [6.45, 7) is 2.06. The number of nitrogens with one attached hydrogen (secondary N) is 1. The number of pyridine rings is 1. The molecule has 0 saturated heterocycles. The van der Waals surface area contributed by atoms with Gasteiger partial charge in [-0.3, -0.25) is 14.5 Å². The van der Waals surface area contributed by atoms with Crippen LogP contribution in [0.15, 0.2) is 73.2 Å². The third kappa shape index (κ3) is 3.57. The number of amides is 1. The largest absolute Gasteiger partial charge is 0.497 e. The molecule has 0 bridgehead atoms. The molecule has 0 radical (unpaired) electrons. The van der Waals surface area contributed by atoms with Gasteiger partial charge in [-0.15, -0.1) is 0 Å². The van der Waals surface area contributed by atoms with Crippen LogP contribution in [0, 0.1) is 0 Å². The number of carbonyl (C=O) groups excluding carboxylic acids is 1. The predicted octanol–water partition coefficient (Wildman–Crippen LogP) is 4.30. The van der Waals surface area contributed by atoms with Crippen LogP contribution in [0.5, 0.6) is 5.75 Å².